The largest absolute Gasteiger partial charge is 0.321 e. The highest BCUT2D eigenvalue weighted by Crippen LogP contribution is 2.15. The van der Waals surface area contributed by atoms with Gasteiger partial charge in [0.1, 0.15) is 17.3 Å². The molecule has 0 spiro atoms. The molecule has 9 heteroatoms. The molecule has 0 saturated carbocycles. The Morgan fingerprint density at radius 3 is 2.39 bits per heavy atom. The summed E-state index contributed by atoms with van der Waals surface area (Å²) in [6.07, 6.45) is 1.03. The normalized spacial score (nSPS) is 11.2. The Labute approximate surface area is 160 Å². The zero-order valence-electron chi connectivity index (χ0n) is 14.6. The highest BCUT2D eigenvalue weighted by atomic mass is 32.2. The summed E-state index contributed by atoms with van der Waals surface area (Å²) >= 11 is 0. The lowest BCUT2D eigenvalue weighted by molar-refractivity contribution is -0.116. The number of rotatable bonds is 7. The van der Waals surface area contributed by atoms with E-state index in [4.69, 9.17) is 0 Å². The van der Waals surface area contributed by atoms with Crippen LogP contribution in [0.4, 0.5) is 10.1 Å². The van der Waals surface area contributed by atoms with Crippen molar-refractivity contribution in [2.24, 2.45) is 0 Å². The van der Waals surface area contributed by atoms with Gasteiger partial charge in [-0.05, 0) is 36.4 Å². The molecule has 0 bridgehead atoms. The van der Waals surface area contributed by atoms with Crippen LogP contribution in [0, 0.1) is 5.82 Å². The highest BCUT2D eigenvalue weighted by Gasteiger charge is 2.22. The molecule has 1 heterocycles. The fourth-order valence-electron chi connectivity index (χ4n) is 2.56. The van der Waals surface area contributed by atoms with Crippen molar-refractivity contribution in [1.29, 1.82) is 0 Å². The number of sulfone groups is 1. The number of anilines is 1. The van der Waals surface area contributed by atoms with Gasteiger partial charge in [-0.25, -0.2) is 12.8 Å². The molecule has 3 aromatic rings. The summed E-state index contributed by atoms with van der Waals surface area (Å²) < 4.78 is 37.6. The van der Waals surface area contributed by atoms with Crippen molar-refractivity contribution >= 4 is 27.2 Å². The fourth-order valence-corrected chi connectivity index (χ4v) is 3.82. The second-order valence-corrected chi connectivity index (χ2v) is 8.01. The number of carbonyl (C=O) groups excluding carboxylic acids is 2. The quantitative estimate of drug-likeness (QED) is 0.632. The molecule has 0 saturated heterocycles. The number of hydrogen-bond acceptors (Lipinski definition) is 5. The lowest BCUT2D eigenvalue weighted by Gasteiger charge is -2.06. The average Bonchev–Trinajstić information content (AvgIpc) is 3.12. The fraction of sp³-hybridized carbons (Fsp3) is 0.105. The first-order valence-corrected chi connectivity index (χ1v) is 9.89. The molecule has 2 aromatic carbocycles. The van der Waals surface area contributed by atoms with Gasteiger partial charge in [-0.1, -0.05) is 18.2 Å². The van der Waals surface area contributed by atoms with E-state index < -0.39 is 33.1 Å². The van der Waals surface area contributed by atoms with Crippen LogP contribution in [0.2, 0.25) is 0 Å². The first-order valence-electron chi connectivity index (χ1n) is 8.24. The van der Waals surface area contributed by atoms with Crippen LogP contribution in [0.1, 0.15) is 16.1 Å². The van der Waals surface area contributed by atoms with Gasteiger partial charge in [0.15, 0.2) is 15.6 Å². The molecule has 0 aliphatic heterocycles. The first-order chi connectivity index (χ1) is 13.3. The van der Waals surface area contributed by atoms with Crippen molar-refractivity contribution in [3.8, 4) is 0 Å². The molecule has 1 amide bonds. The summed E-state index contributed by atoms with van der Waals surface area (Å²) in [5.74, 6) is -2.26. The predicted octanol–water partition coefficient (Wildman–Crippen LogP) is 2.39. The van der Waals surface area contributed by atoms with E-state index >= 15 is 0 Å². The summed E-state index contributed by atoms with van der Waals surface area (Å²) in [7, 11) is -3.76. The lowest BCUT2D eigenvalue weighted by atomic mass is 10.1. The van der Waals surface area contributed by atoms with E-state index in [1.807, 2.05) is 0 Å². The van der Waals surface area contributed by atoms with E-state index in [0.717, 1.165) is 0 Å². The van der Waals surface area contributed by atoms with E-state index in [0.29, 0.717) is 5.69 Å². The topological polar surface area (TPSA) is 109 Å². The van der Waals surface area contributed by atoms with Gasteiger partial charge in [-0.2, -0.15) is 5.10 Å². The van der Waals surface area contributed by atoms with Gasteiger partial charge in [0.05, 0.1) is 11.1 Å². The first kappa shape index (κ1) is 19.4. The smallest absolute Gasteiger partial charge is 0.273 e. The van der Waals surface area contributed by atoms with Crippen LogP contribution in [-0.2, 0) is 21.1 Å². The minimum atomic E-state index is -3.76. The van der Waals surface area contributed by atoms with E-state index in [9.17, 15) is 22.4 Å². The second-order valence-electron chi connectivity index (χ2n) is 6.02. The van der Waals surface area contributed by atoms with Crippen molar-refractivity contribution in [3.63, 3.8) is 0 Å². The number of carbonyl (C=O) groups is 2. The number of hydrogen-bond donors (Lipinski definition) is 2. The van der Waals surface area contributed by atoms with Gasteiger partial charge in [-0.3, -0.25) is 14.7 Å². The average molecular weight is 401 g/mol. The maximum absolute atomic E-state index is 12.9. The molecule has 0 unspecified atom stereocenters. The van der Waals surface area contributed by atoms with Crippen LogP contribution in [0.15, 0.2) is 65.7 Å². The molecule has 0 aliphatic rings. The molecule has 2 N–H and O–H groups in total. The van der Waals surface area contributed by atoms with Crippen molar-refractivity contribution in [3.05, 3.63) is 77.9 Å². The molecule has 0 radical (unpaired) electrons. The Morgan fingerprint density at radius 2 is 1.71 bits per heavy atom. The maximum Gasteiger partial charge on any atom is 0.273 e. The van der Waals surface area contributed by atoms with Gasteiger partial charge in [-0.15, -0.1) is 0 Å². The molecule has 7 nitrogen and oxygen atoms in total. The molecule has 1 aromatic heterocycles. The van der Waals surface area contributed by atoms with Crippen LogP contribution in [0.5, 0.6) is 0 Å². The number of amides is 1. The van der Waals surface area contributed by atoms with Crippen LogP contribution < -0.4 is 5.32 Å². The van der Waals surface area contributed by atoms with Gasteiger partial charge >= 0.3 is 0 Å². The summed E-state index contributed by atoms with van der Waals surface area (Å²) in [5.41, 5.74) is 0.674. The molecule has 0 fully saturated rings. The van der Waals surface area contributed by atoms with Gasteiger partial charge in [0, 0.05) is 17.7 Å². The SMILES string of the molecule is O=C(Cc1cn[nH]c1C(=O)Nc1ccc(F)cc1)CS(=O)(=O)c1ccccc1. The minimum Gasteiger partial charge on any atom is -0.321 e. The lowest BCUT2D eigenvalue weighted by Crippen LogP contribution is -2.20. The number of aromatic nitrogens is 2. The third-order valence-electron chi connectivity index (χ3n) is 3.89. The van der Waals surface area contributed by atoms with E-state index in [1.54, 1.807) is 18.2 Å². The van der Waals surface area contributed by atoms with Crippen molar-refractivity contribution < 1.29 is 22.4 Å². The van der Waals surface area contributed by atoms with Gasteiger partial charge < -0.3 is 5.32 Å². The Kier molecular flexibility index (Phi) is 5.65. The van der Waals surface area contributed by atoms with Crippen molar-refractivity contribution in [1.82, 2.24) is 10.2 Å². The molecule has 0 atom stereocenters. The molecule has 144 valence electrons. The molecule has 28 heavy (non-hydrogen) atoms. The Morgan fingerprint density at radius 1 is 1.04 bits per heavy atom. The zero-order chi connectivity index (χ0) is 20.1. The van der Waals surface area contributed by atoms with Crippen LogP contribution in [0.25, 0.3) is 0 Å². The zero-order valence-corrected chi connectivity index (χ0v) is 15.4. The number of nitrogens with one attached hydrogen (secondary N) is 2. The number of aromatic amines is 1. The molecule has 3 rings (SSSR count). The Hall–Kier alpha value is -3.33. The highest BCUT2D eigenvalue weighted by molar-refractivity contribution is 7.92. The summed E-state index contributed by atoms with van der Waals surface area (Å²) in [6, 6.07) is 12.8. The molecular formula is C19H16FN3O4S. The van der Waals surface area contributed by atoms with Gasteiger partial charge in [0.2, 0.25) is 0 Å². The Bertz CT molecular complexity index is 1090. The standard InChI is InChI=1S/C19H16FN3O4S/c20-14-6-8-15(9-7-14)22-19(25)18-13(11-21-23-18)10-16(24)12-28(26,27)17-4-2-1-3-5-17/h1-9,11H,10,12H2,(H,21,23)(H,22,25). The summed E-state index contributed by atoms with van der Waals surface area (Å²) in [6.45, 7) is 0. The number of ketones is 1. The number of halogens is 1. The van der Waals surface area contributed by atoms with Crippen LogP contribution in [0.3, 0.4) is 0 Å². The van der Waals surface area contributed by atoms with Crippen LogP contribution in [-0.4, -0.2) is 36.1 Å². The van der Waals surface area contributed by atoms with Crippen molar-refractivity contribution in [2.75, 3.05) is 11.1 Å². The maximum atomic E-state index is 12.9. The minimum absolute atomic E-state index is 0.0368. The van der Waals surface area contributed by atoms with Crippen molar-refractivity contribution in [2.45, 2.75) is 11.3 Å². The molecular weight excluding hydrogens is 385 g/mol. The van der Waals surface area contributed by atoms with E-state index in [1.165, 1.54) is 42.6 Å². The number of nitrogens with zero attached hydrogens (tertiary/aromatic N) is 1. The van der Waals surface area contributed by atoms with Crippen LogP contribution >= 0.6 is 0 Å². The number of Topliss-reactive ketones (excluding diaryl/α,β-unsaturated/α-hetero) is 1. The monoisotopic (exact) mass is 401 g/mol. The Balaban J connectivity index is 1.69. The summed E-state index contributed by atoms with van der Waals surface area (Å²) in [4.78, 5) is 24.7. The predicted molar refractivity (Wildman–Crippen MR) is 100 cm³/mol. The second kappa shape index (κ2) is 8.13. The van der Waals surface area contributed by atoms with Gasteiger partial charge in [0.25, 0.3) is 5.91 Å². The van der Waals surface area contributed by atoms with E-state index in [2.05, 4.69) is 15.5 Å². The third kappa shape index (κ3) is 4.68. The summed E-state index contributed by atoms with van der Waals surface area (Å²) in [5, 5.41) is 8.81. The van der Waals surface area contributed by atoms with E-state index in [-0.39, 0.29) is 22.6 Å². The third-order valence-corrected chi connectivity index (χ3v) is 5.58. The molecule has 0 aliphatic carbocycles. The number of benzene rings is 2. The number of H-pyrrole nitrogens is 1.